The minimum absolute atomic E-state index is 0.0159. The molecule has 1 rings (SSSR count). The fourth-order valence-corrected chi connectivity index (χ4v) is 4.08. The van der Waals surface area contributed by atoms with Crippen LogP contribution in [-0.2, 0) is 16.6 Å². The molecule has 0 radical (unpaired) electrons. The molecular weight excluding hydrogens is 291 g/mol. The van der Waals surface area contributed by atoms with Gasteiger partial charge in [-0.05, 0) is 23.6 Å². The first kappa shape index (κ1) is 18.1. The van der Waals surface area contributed by atoms with Crippen molar-refractivity contribution in [3.05, 3.63) is 29.6 Å². The fourth-order valence-electron chi connectivity index (χ4n) is 2.31. The highest BCUT2D eigenvalue weighted by Gasteiger charge is 2.27. The first-order valence-corrected chi connectivity index (χ1v) is 8.83. The smallest absolute Gasteiger partial charge is 0.243 e. The number of halogens is 1. The van der Waals surface area contributed by atoms with Gasteiger partial charge in [-0.15, -0.1) is 0 Å². The third kappa shape index (κ3) is 4.25. The number of benzene rings is 1. The lowest BCUT2D eigenvalue weighted by atomic mass is 10.0. The van der Waals surface area contributed by atoms with Gasteiger partial charge in [0.15, 0.2) is 0 Å². The van der Waals surface area contributed by atoms with E-state index in [1.165, 1.54) is 16.4 Å². The van der Waals surface area contributed by atoms with E-state index in [0.717, 1.165) is 18.9 Å². The van der Waals surface area contributed by atoms with Gasteiger partial charge in [0.1, 0.15) is 5.82 Å². The molecule has 0 aromatic heterocycles. The fraction of sp³-hybridized carbons (Fsp3) is 0.600. The molecule has 0 bridgehead atoms. The van der Waals surface area contributed by atoms with E-state index in [9.17, 15) is 12.8 Å². The molecule has 0 aliphatic rings. The second-order valence-corrected chi connectivity index (χ2v) is 7.00. The van der Waals surface area contributed by atoms with Crippen molar-refractivity contribution in [2.24, 2.45) is 11.7 Å². The molecule has 0 aliphatic heterocycles. The molecule has 4 nitrogen and oxygen atoms in total. The van der Waals surface area contributed by atoms with Crippen LogP contribution < -0.4 is 5.73 Å². The standard InChI is InChI=1S/C15H25FN2O2S/c1-4-12(5-2)11-18(6-3)21(19,20)15-9-14(16)8-7-13(15)10-17/h7-9,12H,4-6,10-11,17H2,1-3H3. The Hall–Kier alpha value is -0.980. The van der Waals surface area contributed by atoms with Crippen molar-refractivity contribution in [3.8, 4) is 0 Å². The minimum Gasteiger partial charge on any atom is -0.326 e. The van der Waals surface area contributed by atoms with Crippen LogP contribution in [0.2, 0.25) is 0 Å². The third-order valence-electron chi connectivity index (χ3n) is 3.84. The predicted molar refractivity (Wildman–Crippen MR) is 82.8 cm³/mol. The quantitative estimate of drug-likeness (QED) is 0.802. The van der Waals surface area contributed by atoms with Crippen LogP contribution >= 0.6 is 0 Å². The van der Waals surface area contributed by atoms with E-state index in [4.69, 9.17) is 5.73 Å². The van der Waals surface area contributed by atoms with Crippen LogP contribution in [0.1, 0.15) is 39.2 Å². The lowest BCUT2D eigenvalue weighted by Gasteiger charge is -2.25. The molecule has 2 N–H and O–H groups in total. The number of nitrogens with two attached hydrogens (primary N) is 1. The summed E-state index contributed by atoms with van der Waals surface area (Å²) in [6.45, 7) is 6.76. The molecule has 0 aliphatic carbocycles. The summed E-state index contributed by atoms with van der Waals surface area (Å²) in [4.78, 5) is -0.0159. The Bertz CT molecular complexity index is 557. The summed E-state index contributed by atoms with van der Waals surface area (Å²) in [5.74, 6) is -0.265. The largest absolute Gasteiger partial charge is 0.326 e. The Kier molecular flexibility index (Phi) is 6.77. The zero-order valence-corrected chi connectivity index (χ0v) is 13.8. The summed E-state index contributed by atoms with van der Waals surface area (Å²) in [7, 11) is -3.72. The van der Waals surface area contributed by atoms with Crippen molar-refractivity contribution in [1.82, 2.24) is 4.31 Å². The van der Waals surface area contributed by atoms with Crippen molar-refractivity contribution < 1.29 is 12.8 Å². The summed E-state index contributed by atoms with van der Waals surface area (Å²) in [5, 5.41) is 0. The van der Waals surface area contributed by atoms with E-state index in [1.807, 2.05) is 13.8 Å². The van der Waals surface area contributed by atoms with Crippen LogP contribution in [-0.4, -0.2) is 25.8 Å². The normalized spacial score (nSPS) is 12.3. The molecule has 0 saturated heterocycles. The van der Waals surface area contributed by atoms with Gasteiger partial charge >= 0.3 is 0 Å². The van der Waals surface area contributed by atoms with Gasteiger partial charge in [-0.25, -0.2) is 12.8 Å². The molecule has 21 heavy (non-hydrogen) atoms. The Morgan fingerprint density at radius 2 is 1.86 bits per heavy atom. The Morgan fingerprint density at radius 1 is 1.24 bits per heavy atom. The van der Waals surface area contributed by atoms with E-state index in [0.29, 0.717) is 24.6 Å². The molecule has 0 fully saturated rings. The van der Waals surface area contributed by atoms with Gasteiger partial charge < -0.3 is 5.73 Å². The maximum atomic E-state index is 13.5. The average molecular weight is 316 g/mol. The van der Waals surface area contributed by atoms with Gasteiger partial charge in [0.2, 0.25) is 10.0 Å². The van der Waals surface area contributed by atoms with Crippen molar-refractivity contribution in [3.63, 3.8) is 0 Å². The van der Waals surface area contributed by atoms with Crippen LogP contribution in [0, 0.1) is 11.7 Å². The minimum atomic E-state index is -3.72. The number of sulfonamides is 1. The number of nitrogens with zero attached hydrogens (tertiary/aromatic N) is 1. The molecule has 6 heteroatoms. The van der Waals surface area contributed by atoms with Gasteiger partial charge in [-0.1, -0.05) is 39.7 Å². The van der Waals surface area contributed by atoms with Crippen LogP contribution in [0.5, 0.6) is 0 Å². The summed E-state index contributed by atoms with van der Waals surface area (Å²) in [6.07, 6.45) is 1.82. The highest BCUT2D eigenvalue weighted by Crippen LogP contribution is 2.23. The molecule has 0 unspecified atom stereocenters. The second kappa shape index (κ2) is 7.87. The maximum absolute atomic E-state index is 13.5. The molecule has 1 aromatic carbocycles. The van der Waals surface area contributed by atoms with Crippen molar-refractivity contribution in [1.29, 1.82) is 0 Å². The first-order valence-electron chi connectivity index (χ1n) is 7.39. The zero-order valence-electron chi connectivity index (χ0n) is 13.0. The van der Waals surface area contributed by atoms with Gasteiger partial charge in [-0.2, -0.15) is 4.31 Å². The van der Waals surface area contributed by atoms with Gasteiger partial charge in [0.25, 0.3) is 0 Å². The average Bonchev–Trinajstić information content (AvgIpc) is 2.48. The Morgan fingerprint density at radius 3 is 2.33 bits per heavy atom. The first-order chi connectivity index (χ1) is 9.90. The Labute approximate surface area is 127 Å². The molecule has 0 amide bonds. The molecular formula is C15H25FN2O2S. The molecule has 0 heterocycles. The van der Waals surface area contributed by atoms with E-state index in [2.05, 4.69) is 0 Å². The summed E-state index contributed by atoms with van der Waals surface area (Å²) >= 11 is 0. The highest BCUT2D eigenvalue weighted by molar-refractivity contribution is 7.89. The van der Waals surface area contributed by atoms with Crippen molar-refractivity contribution in [2.45, 2.75) is 45.1 Å². The second-order valence-electron chi connectivity index (χ2n) is 5.09. The van der Waals surface area contributed by atoms with E-state index in [-0.39, 0.29) is 11.4 Å². The molecule has 0 saturated carbocycles. The SMILES string of the molecule is CCC(CC)CN(CC)S(=O)(=O)c1cc(F)ccc1CN. The maximum Gasteiger partial charge on any atom is 0.243 e. The van der Waals surface area contributed by atoms with Crippen LogP contribution in [0.15, 0.2) is 23.1 Å². The lowest BCUT2D eigenvalue weighted by Crippen LogP contribution is -2.35. The van der Waals surface area contributed by atoms with Gasteiger partial charge in [-0.3, -0.25) is 0 Å². The third-order valence-corrected chi connectivity index (χ3v) is 5.86. The van der Waals surface area contributed by atoms with Crippen LogP contribution in [0.25, 0.3) is 0 Å². The van der Waals surface area contributed by atoms with Gasteiger partial charge in [0, 0.05) is 19.6 Å². The lowest BCUT2D eigenvalue weighted by molar-refractivity contribution is 0.339. The molecule has 0 spiro atoms. The number of hydrogen-bond donors (Lipinski definition) is 1. The molecule has 1 aromatic rings. The predicted octanol–water partition coefficient (Wildman–Crippen LogP) is 2.73. The monoisotopic (exact) mass is 316 g/mol. The molecule has 120 valence electrons. The zero-order chi connectivity index (χ0) is 16.0. The van der Waals surface area contributed by atoms with Crippen LogP contribution in [0.3, 0.4) is 0 Å². The van der Waals surface area contributed by atoms with Crippen LogP contribution in [0.4, 0.5) is 4.39 Å². The summed E-state index contributed by atoms with van der Waals surface area (Å²) in [5.41, 5.74) is 6.03. The number of hydrogen-bond acceptors (Lipinski definition) is 3. The van der Waals surface area contributed by atoms with E-state index in [1.54, 1.807) is 6.92 Å². The summed E-state index contributed by atoms with van der Waals surface area (Å²) in [6, 6.07) is 3.73. The number of rotatable bonds is 8. The topological polar surface area (TPSA) is 63.4 Å². The van der Waals surface area contributed by atoms with Gasteiger partial charge in [0.05, 0.1) is 4.90 Å². The van der Waals surface area contributed by atoms with Crippen molar-refractivity contribution in [2.75, 3.05) is 13.1 Å². The Balaban J connectivity index is 3.21. The van der Waals surface area contributed by atoms with E-state index >= 15 is 0 Å². The summed E-state index contributed by atoms with van der Waals surface area (Å²) < 4.78 is 40.4. The van der Waals surface area contributed by atoms with Crippen molar-refractivity contribution >= 4 is 10.0 Å². The van der Waals surface area contributed by atoms with E-state index < -0.39 is 15.8 Å². The molecule has 0 atom stereocenters. The highest BCUT2D eigenvalue weighted by atomic mass is 32.2.